The molecule has 0 saturated heterocycles. The van der Waals surface area contributed by atoms with Gasteiger partial charge in [-0.1, -0.05) is 54.6 Å². The maximum absolute atomic E-state index is 12.9. The fraction of sp³-hybridized carbons (Fsp3) is 0.355. The van der Waals surface area contributed by atoms with Crippen LogP contribution in [0.3, 0.4) is 0 Å². The van der Waals surface area contributed by atoms with Crippen LogP contribution in [0.15, 0.2) is 66.7 Å². The average molecular weight is 537 g/mol. The van der Waals surface area contributed by atoms with Gasteiger partial charge in [-0.05, 0) is 64.3 Å². The fourth-order valence-corrected chi connectivity index (χ4v) is 5.51. The van der Waals surface area contributed by atoms with Crippen molar-refractivity contribution >= 4 is 11.9 Å². The lowest BCUT2D eigenvalue weighted by atomic mass is 9.87. The van der Waals surface area contributed by atoms with Gasteiger partial charge >= 0.3 is 12.1 Å². The summed E-state index contributed by atoms with van der Waals surface area (Å²) in [5.74, 6) is -0.274. The van der Waals surface area contributed by atoms with Gasteiger partial charge in [-0.2, -0.15) is 13.2 Å². The van der Waals surface area contributed by atoms with Crippen LogP contribution in [-0.4, -0.2) is 43.2 Å². The molecule has 0 unspecified atom stereocenters. The zero-order valence-corrected chi connectivity index (χ0v) is 21.8. The first-order chi connectivity index (χ1) is 18.7. The topological polar surface area (TPSA) is 58.6 Å². The lowest BCUT2D eigenvalue weighted by molar-refractivity contribution is -0.138. The molecular weight excluding hydrogens is 505 g/mol. The van der Waals surface area contributed by atoms with Gasteiger partial charge in [0.1, 0.15) is 0 Å². The van der Waals surface area contributed by atoms with Gasteiger partial charge in [-0.3, -0.25) is 9.69 Å². The maximum Gasteiger partial charge on any atom is 0.390 e. The molecule has 1 heterocycles. The van der Waals surface area contributed by atoms with Gasteiger partial charge in [0.25, 0.3) is 0 Å². The summed E-state index contributed by atoms with van der Waals surface area (Å²) in [5, 5.41) is 3.07. The van der Waals surface area contributed by atoms with E-state index in [0.29, 0.717) is 31.6 Å². The Morgan fingerprint density at radius 2 is 1.82 bits per heavy atom. The van der Waals surface area contributed by atoms with Crippen LogP contribution in [0.2, 0.25) is 0 Å². The number of nitrogens with zero attached hydrogens (tertiary/aromatic N) is 1. The molecule has 5 nitrogen and oxygen atoms in total. The van der Waals surface area contributed by atoms with Gasteiger partial charge in [-0.25, -0.2) is 4.79 Å². The number of alkyl halides is 3. The summed E-state index contributed by atoms with van der Waals surface area (Å²) >= 11 is 0. The molecule has 39 heavy (non-hydrogen) atoms. The first-order valence-electron chi connectivity index (χ1n) is 13.2. The second kappa shape index (κ2) is 11.2. The van der Waals surface area contributed by atoms with Crippen LogP contribution in [0.1, 0.15) is 51.4 Å². The quantitative estimate of drug-likeness (QED) is 0.366. The van der Waals surface area contributed by atoms with Gasteiger partial charge in [0.05, 0.1) is 19.1 Å². The van der Waals surface area contributed by atoms with E-state index in [1.807, 2.05) is 53.4 Å². The summed E-state index contributed by atoms with van der Waals surface area (Å²) in [7, 11) is 1.33. The fourth-order valence-electron chi connectivity index (χ4n) is 5.51. The van der Waals surface area contributed by atoms with Crippen molar-refractivity contribution < 1.29 is 27.5 Å². The number of ether oxygens (including phenoxy) is 1. The SMILES string of the molecule is COC(=O)c1cccc(-c2ccc(CNC(=O)[C@H]3C[C@@H]3c3ccccc3)c3c2CCN(CCC(F)(F)F)C3)c1. The molecular formula is C31H31F3N2O3. The molecule has 0 radical (unpaired) electrons. The number of nitrogens with one attached hydrogen (secondary N) is 1. The third-order valence-corrected chi connectivity index (χ3v) is 7.70. The lowest BCUT2D eigenvalue weighted by Crippen LogP contribution is -2.35. The Morgan fingerprint density at radius 3 is 2.56 bits per heavy atom. The molecule has 2 atom stereocenters. The minimum Gasteiger partial charge on any atom is -0.465 e. The summed E-state index contributed by atoms with van der Waals surface area (Å²) in [6.45, 7) is 1.12. The molecule has 1 N–H and O–H groups in total. The molecule has 8 heteroatoms. The van der Waals surface area contributed by atoms with Gasteiger partial charge in [0.15, 0.2) is 0 Å². The van der Waals surface area contributed by atoms with Crippen LogP contribution < -0.4 is 5.32 Å². The molecule has 3 aromatic carbocycles. The minimum absolute atomic E-state index is 0.00260. The van der Waals surface area contributed by atoms with Crippen LogP contribution >= 0.6 is 0 Å². The normalized spacial score (nSPS) is 18.8. The number of methoxy groups -OCH3 is 1. The van der Waals surface area contributed by atoms with E-state index >= 15 is 0 Å². The van der Waals surface area contributed by atoms with Crippen LogP contribution in [0.25, 0.3) is 11.1 Å². The van der Waals surface area contributed by atoms with Crippen LogP contribution in [0, 0.1) is 5.92 Å². The van der Waals surface area contributed by atoms with Crippen molar-refractivity contribution in [2.24, 2.45) is 5.92 Å². The van der Waals surface area contributed by atoms with E-state index in [2.05, 4.69) is 5.32 Å². The first-order valence-corrected chi connectivity index (χ1v) is 13.2. The summed E-state index contributed by atoms with van der Waals surface area (Å²) in [6, 6.07) is 21.1. The third-order valence-electron chi connectivity index (χ3n) is 7.70. The highest BCUT2D eigenvalue weighted by Gasteiger charge is 2.43. The Hall–Kier alpha value is -3.65. The Bertz CT molecular complexity index is 1360. The highest BCUT2D eigenvalue weighted by molar-refractivity contribution is 5.91. The molecule has 0 bridgehead atoms. The van der Waals surface area contributed by atoms with E-state index in [9.17, 15) is 22.8 Å². The van der Waals surface area contributed by atoms with Crippen molar-refractivity contribution in [3.05, 3.63) is 94.5 Å². The van der Waals surface area contributed by atoms with Crippen LogP contribution in [-0.2, 0) is 29.0 Å². The third kappa shape index (κ3) is 6.33. The van der Waals surface area contributed by atoms with Crippen LogP contribution in [0.5, 0.6) is 0 Å². The number of esters is 1. The van der Waals surface area contributed by atoms with Crippen molar-refractivity contribution in [2.45, 2.75) is 44.4 Å². The Kier molecular flexibility index (Phi) is 7.75. The molecule has 1 aliphatic heterocycles. The lowest BCUT2D eigenvalue weighted by Gasteiger charge is -2.32. The van der Waals surface area contributed by atoms with Crippen molar-refractivity contribution in [3.63, 3.8) is 0 Å². The van der Waals surface area contributed by atoms with E-state index in [1.54, 1.807) is 18.2 Å². The predicted molar refractivity (Wildman–Crippen MR) is 142 cm³/mol. The Labute approximate surface area is 226 Å². The van der Waals surface area contributed by atoms with Crippen molar-refractivity contribution in [3.8, 4) is 11.1 Å². The van der Waals surface area contributed by atoms with Gasteiger partial charge < -0.3 is 10.1 Å². The van der Waals surface area contributed by atoms with Gasteiger partial charge in [0, 0.05) is 32.1 Å². The van der Waals surface area contributed by atoms with E-state index in [0.717, 1.165) is 39.8 Å². The van der Waals surface area contributed by atoms with Crippen molar-refractivity contribution in [2.75, 3.05) is 20.2 Å². The van der Waals surface area contributed by atoms with E-state index in [-0.39, 0.29) is 24.3 Å². The standard InChI is InChI=1S/C31H31F3N2O3/c1-39-30(38)22-9-5-8-21(16-22)24-11-10-23(28-19-36(14-12-25(24)28)15-13-31(32,33)34)18-35-29(37)27-17-26(27)20-6-3-2-4-7-20/h2-11,16,26-27H,12-15,17-19H2,1H3,(H,35,37)/t26-,27+/m1/s1. The highest BCUT2D eigenvalue weighted by Crippen LogP contribution is 2.47. The minimum atomic E-state index is -4.22. The first kappa shape index (κ1) is 26.9. The zero-order valence-electron chi connectivity index (χ0n) is 21.8. The number of amides is 1. The summed E-state index contributed by atoms with van der Waals surface area (Å²) in [4.78, 5) is 26.9. The van der Waals surface area contributed by atoms with Crippen molar-refractivity contribution in [1.29, 1.82) is 0 Å². The molecule has 1 aliphatic carbocycles. The molecule has 1 amide bonds. The molecule has 1 saturated carbocycles. The Morgan fingerprint density at radius 1 is 1.03 bits per heavy atom. The number of benzene rings is 3. The molecule has 1 fully saturated rings. The van der Waals surface area contributed by atoms with Gasteiger partial charge in [0.2, 0.25) is 5.91 Å². The second-order valence-corrected chi connectivity index (χ2v) is 10.3. The van der Waals surface area contributed by atoms with E-state index in [4.69, 9.17) is 4.74 Å². The molecule has 204 valence electrons. The summed E-state index contributed by atoms with van der Waals surface area (Å²) in [6.07, 6.45) is -3.69. The molecule has 3 aromatic rings. The van der Waals surface area contributed by atoms with E-state index in [1.165, 1.54) is 7.11 Å². The summed E-state index contributed by atoms with van der Waals surface area (Å²) < 4.78 is 43.7. The summed E-state index contributed by atoms with van der Waals surface area (Å²) in [5.41, 5.74) is 6.26. The number of fused-ring (bicyclic) bond motifs is 1. The largest absolute Gasteiger partial charge is 0.465 e. The van der Waals surface area contributed by atoms with E-state index < -0.39 is 18.6 Å². The molecule has 0 aromatic heterocycles. The van der Waals surface area contributed by atoms with Crippen LogP contribution in [0.4, 0.5) is 13.2 Å². The number of carbonyl (C=O) groups is 2. The number of rotatable bonds is 8. The molecule has 0 spiro atoms. The van der Waals surface area contributed by atoms with Gasteiger partial charge in [-0.15, -0.1) is 0 Å². The molecule has 2 aliphatic rings. The smallest absolute Gasteiger partial charge is 0.390 e. The zero-order chi connectivity index (χ0) is 27.6. The molecule has 5 rings (SSSR count). The number of hydrogen-bond acceptors (Lipinski definition) is 4. The van der Waals surface area contributed by atoms with Crippen molar-refractivity contribution in [1.82, 2.24) is 10.2 Å². The number of hydrogen-bond donors (Lipinski definition) is 1. The Balaban J connectivity index is 1.38. The predicted octanol–water partition coefficient (Wildman–Crippen LogP) is 5.87. The number of carbonyl (C=O) groups excluding carboxylic acids is 2. The monoisotopic (exact) mass is 536 g/mol. The second-order valence-electron chi connectivity index (χ2n) is 10.3. The highest BCUT2D eigenvalue weighted by atomic mass is 19.4. The number of halogens is 3. The maximum atomic E-state index is 12.9. The average Bonchev–Trinajstić information content (AvgIpc) is 3.75.